The van der Waals surface area contributed by atoms with Crippen molar-refractivity contribution in [1.82, 2.24) is 0 Å². The molecule has 0 aromatic heterocycles. The van der Waals surface area contributed by atoms with E-state index in [1.54, 1.807) is 6.07 Å². The number of hydrogen-bond acceptors (Lipinski definition) is 2. The largest absolute Gasteiger partial charge is 0.515 e. The highest BCUT2D eigenvalue weighted by Gasteiger charge is 2.07. The number of halogens is 2. The highest BCUT2D eigenvalue weighted by atomic mass is 35.5. The normalized spacial score (nSPS) is 10.6. The smallest absolute Gasteiger partial charge is 0.190 e. The summed E-state index contributed by atoms with van der Waals surface area (Å²) < 4.78 is 0. The van der Waals surface area contributed by atoms with Crippen molar-refractivity contribution >= 4 is 29.0 Å². The van der Waals surface area contributed by atoms with Gasteiger partial charge in [0, 0.05) is 16.7 Å². The monoisotopic (exact) mass is 216 g/mol. The van der Waals surface area contributed by atoms with Gasteiger partial charge in [-0.3, -0.25) is 4.79 Å². The summed E-state index contributed by atoms with van der Waals surface area (Å²) in [6.45, 7) is 0. The third-order valence-electron chi connectivity index (χ3n) is 1.42. The molecule has 0 saturated heterocycles. The molecule has 0 bridgehead atoms. The molecule has 0 radical (unpaired) electrons. The molecule has 0 spiro atoms. The molecule has 0 aliphatic rings. The second-order valence-corrected chi connectivity index (χ2v) is 3.15. The Labute approximate surface area is 85.4 Å². The average Bonchev–Trinajstić information content (AvgIpc) is 2.09. The van der Waals surface area contributed by atoms with Crippen LogP contribution >= 0.6 is 23.2 Å². The van der Waals surface area contributed by atoms with E-state index in [0.717, 1.165) is 6.08 Å². The second kappa shape index (κ2) is 4.30. The first-order chi connectivity index (χ1) is 6.15. The lowest BCUT2D eigenvalue weighted by Crippen LogP contribution is -1.95. The standard InChI is InChI=1S/C9H6Cl2O2/c10-6-1-2-8(11)7(5-6)9(13)3-4-12/h1-5,12H. The Morgan fingerprint density at radius 1 is 1.38 bits per heavy atom. The fourth-order valence-corrected chi connectivity index (χ4v) is 1.23. The molecule has 0 fully saturated rings. The number of ketones is 1. The van der Waals surface area contributed by atoms with Gasteiger partial charge in [-0.25, -0.2) is 0 Å². The van der Waals surface area contributed by atoms with Gasteiger partial charge in [0.15, 0.2) is 5.78 Å². The maximum atomic E-state index is 11.2. The summed E-state index contributed by atoms with van der Waals surface area (Å²) in [5.41, 5.74) is 0.277. The fraction of sp³-hybridized carbons (Fsp3) is 0. The van der Waals surface area contributed by atoms with E-state index < -0.39 is 0 Å². The van der Waals surface area contributed by atoms with Crippen LogP contribution < -0.4 is 0 Å². The molecule has 0 atom stereocenters. The molecule has 1 N–H and O–H groups in total. The van der Waals surface area contributed by atoms with Crippen molar-refractivity contribution in [2.45, 2.75) is 0 Å². The highest BCUT2D eigenvalue weighted by Crippen LogP contribution is 2.21. The Bertz CT molecular complexity index is 359. The van der Waals surface area contributed by atoms with Crippen LogP contribution in [0, 0.1) is 0 Å². The van der Waals surface area contributed by atoms with E-state index >= 15 is 0 Å². The van der Waals surface area contributed by atoms with Crippen LogP contribution in [0.1, 0.15) is 10.4 Å². The summed E-state index contributed by atoms with van der Waals surface area (Å²) in [7, 11) is 0. The van der Waals surface area contributed by atoms with Gasteiger partial charge in [0.1, 0.15) is 0 Å². The Hall–Kier alpha value is -0.990. The quantitative estimate of drug-likeness (QED) is 0.469. The van der Waals surface area contributed by atoms with E-state index in [9.17, 15) is 4.79 Å². The van der Waals surface area contributed by atoms with Gasteiger partial charge in [-0.15, -0.1) is 0 Å². The van der Waals surface area contributed by atoms with Gasteiger partial charge in [-0.1, -0.05) is 23.2 Å². The summed E-state index contributed by atoms with van der Waals surface area (Å²) in [5, 5.41) is 9.12. The van der Waals surface area contributed by atoms with Crippen molar-refractivity contribution < 1.29 is 9.90 Å². The number of rotatable bonds is 2. The minimum absolute atomic E-state index is 0.277. The molecule has 1 aromatic rings. The van der Waals surface area contributed by atoms with Crippen LogP contribution in [0.5, 0.6) is 0 Å². The number of carbonyl (C=O) groups excluding carboxylic acids is 1. The number of benzene rings is 1. The van der Waals surface area contributed by atoms with Crippen LogP contribution in [0.2, 0.25) is 10.0 Å². The maximum Gasteiger partial charge on any atom is 0.190 e. The molecule has 0 saturated carbocycles. The predicted molar refractivity (Wildman–Crippen MR) is 52.6 cm³/mol. The van der Waals surface area contributed by atoms with E-state index in [1.807, 2.05) is 0 Å². The zero-order valence-corrected chi connectivity index (χ0v) is 8.01. The third kappa shape index (κ3) is 2.47. The van der Waals surface area contributed by atoms with Crippen molar-refractivity contribution in [3.63, 3.8) is 0 Å². The molecular formula is C9H6Cl2O2. The van der Waals surface area contributed by atoms with Crippen LogP contribution in [-0.2, 0) is 0 Å². The molecule has 0 aliphatic heterocycles. The SMILES string of the molecule is O=C(C=CO)c1cc(Cl)ccc1Cl. The summed E-state index contributed by atoms with van der Waals surface area (Å²) >= 11 is 11.4. The van der Waals surface area contributed by atoms with Gasteiger partial charge in [-0.05, 0) is 18.2 Å². The highest BCUT2D eigenvalue weighted by molar-refractivity contribution is 6.36. The molecular weight excluding hydrogens is 211 g/mol. The molecule has 2 nitrogen and oxygen atoms in total. The van der Waals surface area contributed by atoms with Crippen molar-refractivity contribution in [2.75, 3.05) is 0 Å². The molecule has 0 heterocycles. The Morgan fingerprint density at radius 3 is 2.69 bits per heavy atom. The van der Waals surface area contributed by atoms with Gasteiger partial charge < -0.3 is 5.11 Å². The lowest BCUT2D eigenvalue weighted by molar-refractivity contribution is 0.104. The molecule has 68 valence electrons. The van der Waals surface area contributed by atoms with Gasteiger partial charge in [-0.2, -0.15) is 0 Å². The number of aliphatic hydroxyl groups is 1. The zero-order chi connectivity index (χ0) is 9.84. The molecule has 1 aromatic carbocycles. The molecule has 0 amide bonds. The minimum Gasteiger partial charge on any atom is -0.515 e. The third-order valence-corrected chi connectivity index (χ3v) is 1.98. The number of allylic oxidation sites excluding steroid dienone is 1. The average molecular weight is 217 g/mol. The predicted octanol–water partition coefficient (Wildman–Crippen LogP) is 3.25. The summed E-state index contributed by atoms with van der Waals surface area (Å²) in [4.78, 5) is 11.2. The van der Waals surface area contributed by atoms with E-state index in [0.29, 0.717) is 16.3 Å². The van der Waals surface area contributed by atoms with Gasteiger partial charge in [0.05, 0.1) is 11.3 Å². The van der Waals surface area contributed by atoms with Gasteiger partial charge >= 0.3 is 0 Å². The van der Waals surface area contributed by atoms with Crippen LogP contribution in [0.3, 0.4) is 0 Å². The minimum atomic E-state index is -0.380. The maximum absolute atomic E-state index is 11.2. The first-order valence-electron chi connectivity index (χ1n) is 3.45. The van der Waals surface area contributed by atoms with Crippen LogP contribution in [-0.4, -0.2) is 10.9 Å². The summed E-state index contributed by atoms with van der Waals surface area (Å²) in [5.74, 6) is -0.380. The van der Waals surface area contributed by atoms with Crippen molar-refractivity contribution in [3.8, 4) is 0 Å². The first-order valence-corrected chi connectivity index (χ1v) is 4.21. The topological polar surface area (TPSA) is 37.3 Å². The van der Waals surface area contributed by atoms with E-state index in [4.69, 9.17) is 28.3 Å². The van der Waals surface area contributed by atoms with Crippen LogP contribution in [0.15, 0.2) is 30.5 Å². The molecule has 0 aliphatic carbocycles. The number of carbonyl (C=O) groups is 1. The molecule has 4 heteroatoms. The van der Waals surface area contributed by atoms with Crippen LogP contribution in [0.25, 0.3) is 0 Å². The first kappa shape index (κ1) is 10.1. The summed E-state index contributed by atoms with van der Waals surface area (Å²) in [6, 6.07) is 4.57. The van der Waals surface area contributed by atoms with E-state index in [2.05, 4.69) is 0 Å². The lowest BCUT2D eigenvalue weighted by Gasteiger charge is -1.99. The lowest BCUT2D eigenvalue weighted by atomic mass is 10.1. The van der Waals surface area contributed by atoms with Crippen molar-refractivity contribution in [2.24, 2.45) is 0 Å². The number of hydrogen-bond donors (Lipinski definition) is 1. The molecule has 1 rings (SSSR count). The summed E-state index contributed by atoms with van der Waals surface area (Å²) in [6.07, 6.45) is 1.68. The van der Waals surface area contributed by atoms with Crippen molar-refractivity contribution in [1.29, 1.82) is 0 Å². The fourth-order valence-electron chi connectivity index (χ4n) is 0.844. The Morgan fingerprint density at radius 2 is 2.08 bits per heavy atom. The Kier molecular flexibility index (Phi) is 3.34. The van der Waals surface area contributed by atoms with Gasteiger partial charge in [0.2, 0.25) is 0 Å². The zero-order valence-electron chi connectivity index (χ0n) is 6.50. The van der Waals surface area contributed by atoms with E-state index in [-0.39, 0.29) is 11.3 Å². The second-order valence-electron chi connectivity index (χ2n) is 2.30. The van der Waals surface area contributed by atoms with Crippen LogP contribution in [0.4, 0.5) is 0 Å². The van der Waals surface area contributed by atoms with Gasteiger partial charge in [0.25, 0.3) is 0 Å². The Balaban J connectivity index is 3.13. The molecule has 0 unspecified atom stereocenters. The van der Waals surface area contributed by atoms with E-state index in [1.165, 1.54) is 12.1 Å². The number of aliphatic hydroxyl groups excluding tert-OH is 1. The van der Waals surface area contributed by atoms with Crippen molar-refractivity contribution in [3.05, 3.63) is 46.1 Å². The molecule has 13 heavy (non-hydrogen) atoms.